The molecule has 2 heteroatoms. The molecule has 8 heavy (non-hydrogen) atoms. The Morgan fingerprint density at radius 1 is 1.62 bits per heavy atom. The number of hydrogen-bond donors (Lipinski definition) is 0. The number of ketones is 1. The van der Waals surface area contributed by atoms with Crippen molar-refractivity contribution in [1.82, 2.24) is 0 Å². The van der Waals surface area contributed by atoms with E-state index in [1.807, 2.05) is 0 Å². The summed E-state index contributed by atoms with van der Waals surface area (Å²) in [7, 11) is 0. The number of carbonyl (C=O) groups is 1. The molecule has 0 N–H and O–H groups in total. The molecule has 0 saturated carbocycles. The maximum Gasteiger partial charge on any atom is 0.138 e. The summed E-state index contributed by atoms with van der Waals surface area (Å²) in [6.45, 7) is 0.839. The first-order chi connectivity index (χ1) is 3.89. The molecular weight excluding hydrogens is 102 g/mol. The molecule has 0 spiro atoms. The fraction of sp³-hybridized carbons (Fsp3) is 0.667. The standard InChI is InChI=1S/C6H9NO/c8-6-2-1-4-7-5-3-6/h5H,1-4H2. The minimum atomic E-state index is 0.325. The van der Waals surface area contributed by atoms with Crippen molar-refractivity contribution in [2.24, 2.45) is 4.99 Å². The lowest BCUT2D eigenvalue weighted by molar-refractivity contribution is -0.117. The highest BCUT2D eigenvalue weighted by atomic mass is 16.1. The molecule has 0 aromatic heterocycles. The molecule has 44 valence electrons. The van der Waals surface area contributed by atoms with Crippen LogP contribution in [-0.4, -0.2) is 18.5 Å². The Bertz CT molecular complexity index is 118. The lowest BCUT2D eigenvalue weighted by Gasteiger charge is -1.86. The van der Waals surface area contributed by atoms with Crippen molar-refractivity contribution in [3.8, 4) is 0 Å². The fourth-order valence-corrected chi connectivity index (χ4v) is 0.727. The molecule has 0 aromatic carbocycles. The average Bonchev–Trinajstić information content (AvgIpc) is 1.94. The molecule has 0 unspecified atom stereocenters. The Kier molecular flexibility index (Phi) is 1.78. The number of carbonyl (C=O) groups excluding carboxylic acids is 1. The van der Waals surface area contributed by atoms with Gasteiger partial charge in [0.1, 0.15) is 5.78 Å². The lowest BCUT2D eigenvalue weighted by atomic mass is 10.2. The van der Waals surface area contributed by atoms with Crippen LogP contribution in [0.15, 0.2) is 4.99 Å². The Morgan fingerprint density at radius 2 is 2.50 bits per heavy atom. The van der Waals surface area contributed by atoms with Crippen LogP contribution in [0.5, 0.6) is 0 Å². The Labute approximate surface area is 48.6 Å². The predicted octanol–water partition coefficient (Wildman–Crippen LogP) is 0.810. The second-order valence-corrected chi connectivity index (χ2v) is 1.94. The van der Waals surface area contributed by atoms with Gasteiger partial charge in [-0.3, -0.25) is 9.79 Å². The van der Waals surface area contributed by atoms with Crippen molar-refractivity contribution in [2.75, 3.05) is 6.54 Å². The normalized spacial score (nSPS) is 20.8. The van der Waals surface area contributed by atoms with Gasteiger partial charge in [-0.2, -0.15) is 0 Å². The van der Waals surface area contributed by atoms with E-state index < -0.39 is 0 Å². The van der Waals surface area contributed by atoms with E-state index in [2.05, 4.69) is 4.99 Å². The molecule has 2 nitrogen and oxygen atoms in total. The average molecular weight is 111 g/mol. The lowest BCUT2D eigenvalue weighted by Crippen LogP contribution is -1.94. The van der Waals surface area contributed by atoms with Crippen molar-refractivity contribution < 1.29 is 4.79 Å². The van der Waals surface area contributed by atoms with Crippen LogP contribution < -0.4 is 0 Å². The molecule has 1 aliphatic heterocycles. The molecule has 0 saturated heterocycles. The van der Waals surface area contributed by atoms with Gasteiger partial charge in [0.05, 0.1) is 0 Å². The minimum Gasteiger partial charge on any atom is -0.299 e. The summed E-state index contributed by atoms with van der Waals surface area (Å²) in [6, 6.07) is 0. The van der Waals surface area contributed by atoms with Crippen LogP contribution in [0.1, 0.15) is 19.3 Å². The van der Waals surface area contributed by atoms with E-state index in [0.29, 0.717) is 12.2 Å². The van der Waals surface area contributed by atoms with Crippen molar-refractivity contribution in [2.45, 2.75) is 19.3 Å². The third kappa shape index (κ3) is 1.45. The molecule has 0 fully saturated rings. The van der Waals surface area contributed by atoms with Gasteiger partial charge < -0.3 is 0 Å². The van der Waals surface area contributed by atoms with Crippen LogP contribution >= 0.6 is 0 Å². The maximum atomic E-state index is 10.6. The third-order valence-electron chi connectivity index (χ3n) is 1.19. The number of aliphatic imine (C=N–C) groups is 1. The van der Waals surface area contributed by atoms with E-state index in [4.69, 9.17) is 0 Å². The Hall–Kier alpha value is -0.660. The molecule has 0 aliphatic carbocycles. The van der Waals surface area contributed by atoms with Crippen LogP contribution in [0, 0.1) is 0 Å². The van der Waals surface area contributed by atoms with Crippen LogP contribution in [0.4, 0.5) is 0 Å². The molecule has 0 amide bonds. The number of rotatable bonds is 0. The highest BCUT2D eigenvalue weighted by molar-refractivity contribution is 5.91. The van der Waals surface area contributed by atoms with Gasteiger partial charge in [0.25, 0.3) is 0 Å². The van der Waals surface area contributed by atoms with Gasteiger partial charge >= 0.3 is 0 Å². The number of hydrogen-bond acceptors (Lipinski definition) is 2. The van der Waals surface area contributed by atoms with Crippen LogP contribution in [-0.2, 0) is 4.79 Å². The molecule has 1 rings (SSSR count). The second-order valence-electron chi connectivity index (χ2n) is 1.94. The van der Waals surface area contributed by atoms with Crippen molar-refractivity contribution in [3.63, 3.8) is 0 Å². The van der Waals surface area contributed by atoms with Gasteiger partial charge in [-0.05, 0) is 6.42 Å². The first-order valence-electron chi connectivity index (χ1n) is 2.89. The van der Waals surface area contributed by atoms with Gasteiger partial charge in [0.15, 0.2) is 0 Å². The van der Waals surface area contributed by atoms with Gasteiger partial charge in [-0.1, -0.05) is 0 Å². The van der Waals surface area contributed by atoms with Gasteiger partial charge in [-0.25, -0.2) is 0 Å². The zero-order valence-corrected chi connectivity index (χ0v) is 4.76. The Morgan fingerprint density at radius 3 is 3.38 bits per heavy atom. The van der Waals surface area contributed by atoms with Crippen LogP contribution in [0.3, 0.4) is 0 Å². The van der Waals surface area contributed by atoms with Crippen molar-refractivity contribution >= 4 is 12.0 Å². The highest BCUT2D eigenvalue weighted by Crippen LogP contribution is 1.97. The Balaban J connectivity index is 2.41. The zero-order valence-electron chi connectivity index (χ0n) is 4.76. The largest absolute Gasteiger partial charge is 0.299 e. The SMILES string of the molecule is O=C1CC=NCCC1. The molecule has 0 atom stereocenters. The first-order valence-corrected chi connectivity index (χ1v) is 2.89. The topological polar surface area (TPSA) is 29.4 Å². The van der Waals surface area contributed by atoms with Gasteiger partial charge in [-0.15, -0.1) is 0 Å². The molecule has 0 bridgehead atoms. The molecule has 1 heterocycles. The van der Waals surface area contributed by atoms with E-state index in [1.165, 1.54) is 0 Å². The summed E-state index contributed by atoms with van der Waals surface area (Å²) in [5.74, 6) is 0.325. The quantitative estimate of drug-likeness (QED) is 0.455. The summed E-state index contributed by atoms with van der Waals surface area (Å²) < 4.78 is 0. The monoisotopic (exact) mass is 111 g/mol. The van der Waals surface area contributed by atoms with Gasteiger partial charge in [0, 0.05) is 25.6 Å². The van der Waals surface area contributed by atoms with Crippen LogP contribution in [0.2, 0.25) is 0 Å². The summed E-state index contributed by atoms with van der Waals surface area (Å²) in [4.78, 5) is 14.6. The molecule has 0 radical (unpaired) electrons. The molecular formula is C6H9NO. The van der Waals surface area contributed by atoms with E-state index in [-0.39, 0.29) is 0 Å². The number of Topliss-reactive ketones (excluding diaryl/α,β-unsaturated/α-hetero) is 1. The smallest absolute Gasteiger partial charge is 0.138 e. The second kappa shape index (κ2) is 2.60. The first kappa shape index (κ1) is 5.48. The van der Waals surface area contributed by atoms with Crippen molar-refractivity contribution in [3.05, 3.63) is 0 Å². The highest BCUT2D eigenvalue weighted by Gasteiger charge is 2.00. The van der Waals surface area contributed by atoms with Crippen molar-refractivity contribution in [1.29, 1.82) is 0 Å². The van der Waals surface area contributed by atoms with E-state index in [0.717, 1.165) is 19.4 Å². The van der Waals surface area contributed by atoms with E-state index in [9.17, 15) is 4.79 Å². The van der Waals surface area contributed by atoms with E-state index >= 15 is 0 Å². The summed E-state index contributed by atoms with van der Waals surface area (Å²) in [6.07, 6.45) is 3.94. The van der Waals surface area contributed by atoms with E-state index in [1.54, 1.807) is 6.21 Å². The molecule has 0 aromatic rings. The maximum absolute atomic E-state index is 10.6. The summed E-state index contributed by atoms with van der Waals surface area (Å²) in [5.41, 5.74) is 0. The van der Waals surface area contributed by atoms with Crippen LogP contribution in [0.25, 0.3) is 0 Å². The molecule has 1 aliphatic rings. The fourth-order valence-electron chi connectivity index (χ4n) is 0.727. The number of nitrogens with zero attached hydrogens (tertiary/aromatic N) is 1. The third-order valence-corrected chi connectivity index (χ3v) is 1.19. The zero-order chi connectivity index (χ0) is 5.82. The van der Waals surface area contributed by atoms with Gasteiger partial charge in [0.2, 0.25) is 0 Å². The minimum absolute atomic E-state index is 0.325. The summed E-state index contributed by atoms with van der Waals surface area (Å²) >= 11 is 0. The summed E-state index contributed by atoms with van der Waals surface area (Å²) in [5, 5.41) is 0. The predicted molar refractivity (Wildman–Crippen MR) is 32.2 cm³/mol.